The third-order valence-electron chi connectivity index (χ3n) is 6.04. The molecule has 0 aromatic heterocycles. The van der Waals surface area contributed by atoms with Crippen molar-refractivity contribution < 1.29 is 4.55 Å². The third kappa shape index (κ3) is 4.74. The van der Waals surface area contributed by atoms with Crippen LogP contribution in [-0.4, -0.2) is 30.2 Å². The minimum atomic E-state index is -1.70. The Labute approximate surface area is 157 Å². The van der Waals surface area contributed by atoms with E-state index in [-0.39, 0.29) is 0 Å². The molecule has 0 radical (unpaired) electrons. The molecule has 1 N–H and O–H groups in total. The lowest BCUT2D eigenvalue weighted by atomic mass is 9.75. The molecular formula is C22H39NOS. The van der Waals surface area contributed by atoms with Gasteiger partial charge in [0.05, 0.1) is 0 Å². The highest BCUT2D eigenvalue weighted by molar-refractivity contribution is 8.29. The monoisotopic (exact) mass is 365 g/mol. The van der Waals surface area contributed by atoms with Gasteiger partial charge in [0, 0.05) is 36.2 Å². The summed E-state index contributed by atoms with van der Waals surface area (Å²) in [6, 6.07) is 6.76. The van der Waals surface area contributed by atoms with E-state index in [1.165, 1.54) is 61.1 Å². The van der Waals surface area contributed by atoms with Gasteiger partial charge in [0.2, 0.25) is 0 Å². The molecule has 144 valence electrons. The quantitative estimate of drug-likeness (QED) is 0.552. The number of hydrogen-bond donors (Lipinski definition) is 1. The van der Waals surface area contributed by atoms with Crippen LogP contribution in [0, 0.1) is 5.41 Å². The van der Waals surface area contributed by atoms with Crippen molar-refractivity contribution in [2.75, 3.05) is 30.5 Å². The molecule has 1 heterocycles. The minimum absolute atomic E-state index is 0.337. The smallest absolute Gasteiger partial charge is 0.0364 e. The van der Waals surface area contributed by atoms with E-state index in [1.54, 1.807) is 0 Å². The number of nitrogens with zero attached hydrogens (tertiary/aromatic N) is 1. The van der Waals surface area contributed by atoms with Crippen molar-refractivity contribution in [1.29, 1.82) is 0 Å². The van der Waals surface area contributed by atoms with Crippen LogP contribution in [0.5, 0.6) is 0 Å². The SMILES string of the molecule is CCCCC1(CCCC)CCc2cc(N(C)C)ccc2S(O)(CC)C1. The molecule has 1 unspecified atom stereocenters. The van der Waals surface area contributed by atoms with Crippen LogP contribution in [0.2, 0.25) is 0 Å². The summed E-state index contributed by atoms with van der Waals surface area (Å²) < 4.78 is 11.7. The second-order valence-electron chi connectivity index (χ2n) is 8.17. The Morgan fingerprint density at radius 1 is 1.08 bits per heavy atom. The van der Waals surface area contributed by atoms with Gasteiger partial charge in [0.15, 0.2) is 0 Å². The second-order valence-corrected chi connectivity index (χ2v) is 11.2. The van der Waals surface area contributed by atoms with Crippen LogP contribution >= 0.6 is 10.3 Å². The van der Waals surface area contributed by atoms with Crippen molar-refractivity contribution in [3.63, 3.8) is 0 Å². The van der Waals surface area contributed by atoms with E-state index in [9.17, 15) is 4.55 Å². The van der Waals surface area contributed by atoms with Gasteiger partial charge >= 0.3 is 0 Å². The van der Waals surface area contributed by atoms with E-state index in [1.807, 2.05) is 0 Å². The molecule has 25 heavy (non-hydrogen) atoms. The molecule has 1 aromatic rings. The second kappa shape index (κ2) is 8.81. The highest BCUT2D eigenvalue weighted by Crippen LogP contribution is 2.61. The summed E-state index contributed by atoms with van der Waals surface area (Å²) in [5.41, 5.74) is 3.00. The highest BCUT2D eigenvalue weighted by atomic mass is 32.3. The number of hydrogen-bond acceptors (Lipinski definition) is 2. The van der Waals surface area contributed by atoms with Gasteiger partial charge in [-0.05, 0) is 54.9 Å². The van der Waals surface area contributed by atoms with Gasteiger partial charge in [0.1, 0.15) is 0 Å². The van der Waals surface area contributed by atoms with Gasteiger partial charge in [-0.2, -0.15) is 0 Å². The Hall–Kier alpha value is -0.670. The number of benzene rings is 1. The molecule has 0 fully saturated rings. The summed E-state index contributed by atoms with van der Waals surface area (Å²) in [6.07, 6.45) is 10.0. The molecule has 1 aliphatic heterocycles. The van der Waals surface area contributed by atoms with Gasteiger partial charge < -0.3 is 9.45 Å². The number of fused-ring (bicyclic) bond motifs is 1. The van der Waals surface area contributed by atoms with Gasteiger partial charge in [-0.1, -0.05) is 46.5 Å². The lowest BCUT2D eigenvalue weighted by molar-refractivity contribution is 0.240. The number of aryl methyl sites for hydroxylation is 1. The van der Waals surface area contributed by atoms with Crippen LogP contribution in [0.4, 0.5) is 5.69 Å². The van der Waals surface area contributed by atoms with Crippen molar-refractivity contribution >= 4 is 16.0 Å². The van der Waals surface area contributed by atoms with Crippen LogP contribution in [0.3, 0.4) is 0 Å². The first-order valence-electron chi connectivity index (χ1n) is 10.2. The zero-order chi connectivity index (χ0) is 18.5. The van der Waals surface area contributed by atoms with Crippen molar-refractivity contribution in [3.8, 4) is 0 Å². The lowest BCUT2D eigenvalue weighted by Crippen LogP contribution is -2.29. The van der Waals surface area contributed by atoms with E-state index < -0.39 is 10.3 Å². The van der Waals surface area contributed by atoms with Crippen LogP contribution < -0.4 is 4.90 Å². The maximum atomic E-state index is 11.7. The van der Waals surface area contributed by atoms with Crippen LogP contribution in [0.1, 0.15) is 71.3 Å². The molecule has 0 spiro atoms. The summed E-state index contributed by atoms with van der Waals surface area (Å²) in [5, 5.41) is 0. The average molecular weight is 366 g/mol. The Balaban J connectivity index is 2.41. The predicted octanol–water partition coefficient (Wildman–Crippen LogP) is 6.72. The fourth-order valence-corrected chi connectivity index (χ4v) is 7.43. The Morgan fingerprint density at radius 2 is 1.72 bits per heavy atom. The Morgan fingerprint density at radius 3 is 2.24 bits per heavy atom. The molecule has 2 rings (SSSR count). The molecule has 0 saturated heterocycles. The minimum Gasteiger partial charge on any atom is -0.378 e. The molecule has 1 aliphatic rings. The van der Waals surface area contributed by atoms with E-state index >= 15 is 0 Å². The molecule has 0 amide bonds. The Bertz CT molecular complexity index is 549. The first kappa shape index (κ1) is 20.6. The highest BCUT2D eigenvalue weighted by Gasteiger charge is 2.40. The van der Waals surface area contributed by atoms with Gasteiger partial charge in [-0.25, -0.2) is 0 Å². The number of unbranched alkanes of at least 4 members (excludes halogenated alkanes) is 2. The van der Waals surface area contributed by atoms with Gasteiger partial charge in [-0.3, -0.25) is 0 Å². The zero-order valence-corrected chi connectivity index (χ0v) is 17.9. The first-order chi connectivity index (χ1) is 11.9. The summed E-state index contributed by atoms with van der Waals surface area (Å²) in [5.74, 6) is 1.91. The van der Waals surface area contributed by atoms with Crippen LogP contribution in [0.25, 0.3) is 0 Å². The molecule has 2 nitrogen and oxygen atoms in total. The molecule has 0 saturated carbocycles. The molecule has 1 aromatic carbocycles. The molecule has 0 aliphatic carbocycles. The average Bonchev–Trinajstić information content (AvgIpc) is 2.74. The fraction of sp³-hybridized carbons (Fsp3) is 0.727. The fourth-order valence-electron chi connectivity index (χ4n) is 4.35. The number of rotatable bonds is 8. The Kier molecular flexibility index (Phi) is 7.28. The summed E-state index contributed by atoms with van der Waals surface area (Å²) in [4.78, 5) is 3.45. The van der Waals surface area contributed by atoms with Crippen LogP contribution in [0.15, 0.2) is 23.1 Å². The standard InChI is InChI=1S/C22H39NOS/c1-6-9-14-22(15-10-7-2)16-13-19-17-20(23(4)5)11-12-21(19)25(24,8-3)18-22/h11-12,17,24H,6-10,13-16,18H2,1-5H3. The van der Waals surface area contributed by atoms with Crippen molar-refractivity contribution in [2.45, 2.75) is 77.0 Å². The first-order valence-corrected chi connectivity index (χ1v) is 12.1. The van der Waals surface area contributed by atoms with E-state index in [2.05, 4.69) is 58.0 Å². The van der Waals surface area contributed by atoms with Crippen molar-refractivity contribution in [3.05, 3.63) is 23.8 Å². The van der Waals surface area contributed by atoms with Crippen molar-refractivity contribution in [2.24, 2.45) is 5.41 Å². The largest absolute Gasteiger partial charge is 0.378 e. The van der Waals surface area contributed by atoms with E-state index in [0.29, 0.717) is 5.41 Å². The van der Waals surface area contributed by atoms with Gasteiger partial charge in [0.25, 0.3) is 0 Å². The van der Waals surface area contributed by atoms with E-state index in [0.717, 1.165) is 17.9 Å². The predicted molar refractivity (Wildman–Crippen MR) is 114 cm³/mol. The van der Waals surface area contributed by atoms with Crippen molar-refractivity contribution in [1.82, 2.24) is 0 Å². The maximum absolute atomic E-state index is 11.7. The summed E-state index contributed by atoms with van der Waals surface area (Å²) in [7, 11) is 2.50. The van der Waals surface area contributed by atoms with Crippen LogP contribution in [-0.2, 0) is 6.42 Å². The molecular weight excluding hydrogens is 326 g/mol. The third-order valence-corrected chi connectivity index (χ3v) is 9.30. The molecule has 1 atom stereocenters. The summed E-state index contributed by atoms with van der Waals surface area (Å²) >= 11 is 0. The zero-order valence-electron chi connectivity index (χ0n) is 17.1. The maximum Gasteiger partial charge on any atom is 0.0364 e. The normalized spacial score (nSPS) is 24.9. The lowest BCUT2D eigenvalue weighted by Gasteiger charge is -2.42. The molecule has 0 bridgehead atoms. The summed E-state index contributed by atoms with van der Waals surface area (Å²) in [6.45, 7) is 6.77. The van der Waals surface area contributed by atoms with Gasteiger partial charge in [-0.15, -0.1) is 10.3 Å². The van der Waals surface area contributed by atoms with E-state index in [4.69, 9.17) is 0 Å². The topological polar surface area (TPSA) is 23.5 Å². The molecule has 3 heteroatoms. The number of anilines is 1.